The first kappa shape index (κ1) is 23.4. The Hall–Kier alpha value is -3.01. The van der Waals surface area contributed by atoms with E-state index in [9.17, 15) is 4.79 Å². The topological polar surface area (TPSA) is 72.0 Å². The molecule has 3 aliphatic heterocycles. The van der Waals surface area contributed by atoms with Crippen molar-refractivity contribution in [1.82, 2.24) is 20.1 Å². The summed E-state index contributed by atoms with van der Waals surface area (Å²) in [5.74, 6) is 0.632. The first-order valence-electron chi connectivity index (χ1n) is 13.5. The predicted molar refractivity (Wildman–Crippen MR) is 141 cm³/mol. The third kappa shape index (κ3) is 4.58. The average molecular weight is 482 g/mol. The minimum Gasteiger partial charge on any atom is -0.339 e. The van der Waals surface area contributed by atoms with Gasteiger partial charge in [-0.3, -0.25) is 14.7 Å². The van der Waals surface area contributed by atoms with Crippen molar-refractivity contribution in [3.8, 4) is 6.07 Å². The molecule has 2 fully saturated rings. The molecule has 2 aliphatic carbocycles. The maximum atomic E-state index is 13.0. The highest BCUT2D eigenvalue weighted by Gasteiger charge is 2.48. The lowest BCUT2D eigenvalue weighted by atomic mass is 9.79. The number of piperidine rings is 1. The van der Waals surface area contributed by atoms with Crippen LogP contribution in [0.25, 0.3) is 6.08 Å². The van der Waals surface area contributed by atoms with Crippen molar-refractivity contribution in [3.05, 3.63) is 70.6 Å². The first-order chi connectivity index (χ1) is 17.6. The number of allylic oxidation sites excluding steroid dienone is 4. The Labute approximate surface area is 214 Å². The van der Waals surface area contributed by atoms with Gasteiger partial charge in [-0.1, -0.05) is 41.5 Å². The Morgan fingerprint density at radius 1 is 1.28 bits per heavy atom. The average Bonchev–Trinajstić information content (AvgIpc) is 3.30. The Balaban J connectivity index is 1.10. The zero-order chi connectivity index (χ0) is 24.6. The van der Waals surface area contributed by atoms with E-state index in [-0.39, 0.29) is 11.9 Å². The van der Waals surface area contributed by atoms with E-state index in [0.717, 1.165) is 57.3 Å². The summed E-state index contributed by atoms with van der Waals surface area (Å²) in [6.45, 7) is 4.70. The maximum absolute atomic E-state index is 13.0. The first-order valence-corrected chi connectivity index (χ1v) is 13.5. The van der Waals surface area contributed by atoms with Crippen LogP contribution in [0.3, 0.4) is 0 Å². The fourth-order valence-corrected chi connectivity index (χ4v) is 6.48. The maximum Gasteiger partial charge on any atom is 0.250 e. The molecule has 5 unspecified atom stereocenters. The van der Waals surface area contributed by atoms with Crippen LogP contribution in [0.15, 0.2) is 59.5 Å². The summed E-state index contributed by atoms with van der Waals surface area (Å²) in [5.41, 5.74) is 6.26. The molecular formula is C30H35N5O. The van der Waals surface area contributed by atoms with Crippen molar-refractivity contribution < 1.29 is 4.79 Å². The predicted octanol–water partition coefficient (Wildman–Crippen LogP) is 4.31. The number of carbonyl (C=O) groups is 1. The Kier molecular flexibility index (Phi) is 6.37. The van der Waals surface area contributed by atoms with Crippen LogP contribution in [0.1, 0.15) is 62.6 Å². The number of nitrogens with one attached hydrogen (secondary N) is 1. The zero-order valence-electron chi connectivity index (χ0n) is 21.1. The second kappa shape index (κ2) is 9.80. The SMILES string of the molecule is CC1C2C=C(C(=O)N3CCC(NC4CC(C5C=C(CCC#N)C=CC5)=Cc5ccncc54)CC3)CN12. The summed E-state index contributed by atoms with van der Waals surface area (Å²) in [7, 11) is 0. The number of hydrogen-bond acceptors (Lipinski definition) is 5. The highest BCUT2D eigenvalue weighted by molar-refractivity contribution is 5.95. The summed E-state index contributed by atoms with van der Waals surface area (Å²) in [6, 6.07) is 6.15. The molecule has 1 aromatic heterocycles. The van der Waals surface area contributed by atoms with Crippen LogP contribution in [0.4, 0.5) is 0 Å². The van der Waals surface area contributed by atoms with E-state index in [2.05, 4.69) is 69.5 Å². The summed E-state index contributed by atoms with van der Waals surface area (Å²) < 4.78 is 0. The molecule has 0 saturated carbocycles. The summed E-state index contributed by atoms with van der Waals surface area (Å²) in [5, 5.41) is 12.9. The molecule has 0 radical (unpaired) electrons. The van der Waals surface area contributed by atoms with Gasteiger partial charge < -0.3 is 10.2 Å². The molecule has 1 aromatic rings. The molecule has 6 rings (SSSR count). The number of amides is 1. The fourth-order valence-electron chi connectivity index (χ4n) is 6.48. The van der Waals surface area contributed by atoms with E-state index in [1.807, 2.05) is 12.4 Å². The highest BCUT2D eigenvalue weighted by Crippen LogP contribution is 2.39. The van der Waals surface area contributed by atoms with E-state index < -0.39 is 0 Å². The highest BCUT2D eigenvalue weighted by atomic mass is 16.2. The van der Waals surface area contributed by atoms with Gasteiger partial charge in [0.1, 0.15) is 0 Å². The van der Waals surface area contributed by atoms with E-state index in [1.54, 1.807) is 0 Å². The largest absolute Gasteiger partial charge is 0.339 e. The number of nitriles is 1. The molecule has 5 atom stereocenters. The van der Waals surface area contributed by atoms with Crippen molar-refractivity contribution >= 4 is 12.0 Å². The normalized spacial score (nSPS) is 31.1. The van der Waals surface area contributed by atoms with Gasteiger partial charge in [0.15, 0.2) is 0 Å². The third-order valence-electron chi connectivity index (χ3n) is 8.71. The Morgan fingerprint density at radius 3 is 2.92 bits per heavy atom. The molecule has 0 spiro atoms. The minimum absolute atomic E-state index is 0.238. The van der Waals surface area contributed by atoms with Gasteiger partial charge in [-0.05, 0) is 56.2 Å². The van der Waals surface area contributed by atoms with Gasteiger partial charge in [0.05, 0.1) is 6.07 Å². The van der Waals surface area contributed by atoms with E-state index in [4.69, 9.17) is 5.26 Å². The number of nitrogens with zero attached hydrogens (tertiary/aromatic N) is 4. The Bertz CT molecular complexity index is 1200. The number of carbonyl (C=O) groups excluding carboxylic acids is 1. The molecule has 186 valence electrons. The number of rotatable bonds is 6. The molecule has 1 N–H and O–H groups in total. The monoisotopic (exact) mass is 481 g/mol. The fraction of sp³-hybridized carbons (Fsp3) is 0.500. The number of aromatic nitrogens is 1. The molecule has 1 amide bonds. The van der Waals surface area contributed by atoms with Crippen molar-refractivity contribution in [3.63, 3.8) is 0 Å². The summed E-state index contributed by atoms with van der Waals surface area (Å²) in [6.07, 6.45) is 20.6. The van der Waals surface area contributed by atoms with Crippen LogP contribution < -0.4 is 5.32 Å². The van der Waals surface area contributed by atoms with Gasteiger partial charge in [-0.2, -0.15) is 5.26 Å². The van der Waals surface area contributed by atoms with E-state index >= 15 is 0 Å². The summed E-state index contributed by atoms with van der Waals surface area (Å²) >= 11 is 0. The molecule has 2 saturated heterocycles. The van der Waals surface area contributed by atoms with Gasteiger partial charge in [0.25, 0.3) is 5.91 Å². The molecule has 5 aliphatic rings. The minimum atomic E-state index is 0.238. The van der Waals surface area contributed by atoms with Crippen molar-refractivity contribution in [1.29, 1.82) is 5.26 Å². The second-order valence-corrected chi connectivity index (χ2v) is 11.0. The van der Waals surface area contributed by atoms with Crippen molar-refractivity contribution in [2.24, 2.45) is 5.92 Å². The molecule has 6 nitrogen and oxygen atoms in total. The van der Waals surface area contributed by atoms with Crippen LogP contribution in [-0.2, 0) is 4.79 Å². The second-order valence-electron chi connectivity index (χ2n) is 11.0. The van der Waals surface area contributed by atoms with Gasteiger partial charge in [0, 0.05) is 74.1 Å². The quantitative estimate of drug-likeness (QED) is 0.613. The lowest BCUT2D eigenvalue weighted by molar-refractivity contribution is -0.128. The van der Waals surface area contributed by atoms with E-state index in [0.29, 0.717) is 30.5 Å². The number of likely N-dealkylation sites (tertiary alicyclic amines) is 1. The molecule has 36 heavy (non-hydrogen) atoms. The standard InChI is InChI=1S/C30H35N5O/c1-20-29-17-25(19-35(20)29)30(36)34-12-8-26(9-13-34)33-28-16-24(15-23-7-11-32-18-27(23)28)22-6-2-4-21(14-22)5-3-10-31/h2,4,7,11,14-15,17-18,20,22,26,28-29,33H,3,5-6,8-9,12-13,16,19H2,1H3. The molecule has 6 heteroatoms. The lowest BCUT2D eigenvalue weighted by Crippen LogP contribution is -2.46. The van der Waals surface area contributed by atoms with Crippen LogP contribution in [0, 0.1) is 17.2 Å². The number of pyridine rings is 1. The van der Waals surface area contributed by atoms with Crippen molar-refractivity contribution in [2.75, 3.05) is 19.6 Å². The smallest absolute Gasteiger partial charge is 0.250 e. The van der Waals surface area contributed by atoms with Gasteiger partial charge in [-0.15, -0.1) is 0 Å². The molecule has 0 bridgehead atoms. The van der Waals surface area contributed by atoms with E-state index in [1.165, 1.54) is 22.3 Å². The van der Waals surface area contributed by atoms with Crippen LogP contribution in [-0.4, -0.2) is 58.5 Å². The van der Waals surface area contributed by atoms with Gasteiger partial charge in [-0.25, -0.2) is 0 Å². The van der Waals surface area contributed by atoms with Gasteiger partial charge in [0.2, 0.25) is 0 Å². The molecule has 4 heterocycles. The molecular weight excluding hydrogens is 446 g/mol. The van der Waals surface area contributed by atoms with Crippen LogP contribution in [0.5, 0.6) is 0 Å². The molecule has 0 aromatic carbocycles. The van der Waals surface area contributed by atoms with Gasteiger partial charge >= 0.3 is 0 Å². The number of hydrogen-bond donors (Lipinski definition) is 1. The van der Waals surface area contributed by atoms with Crippen molar-refractivity contribution in [2.45, 2.75) is 69.6 Å². The van der Waals surface area contributed by atoms with Crippen LogP contribution in [0.2, 0.25) is 0 Å². The summed E-state index contributed by atoms with van der Waals surface area (Å²) in [4.78, 5) is 21.9. The third-order valence-corrected chi connectivity index (χ3v) is 8.71. The lowest BCUT2D eigenvalue weighted by Gasteiger charge is -2.37. The number of fused-ring (bicyclic) bond motifs is 2. The Morgan fingerprint density at radius 2 is 2.14 bits per heavy atom. The zero-order valence-corrected chi connectivity index (χ0v) is 21.1. The van der Waals surface area contributed by atoms with Crippen LogP contribution >= 0.6 is 0 Å².